The van der Waals surface area contributed by atoms with E-state index in [0.717, 1.165) is 40.0 Å². The molecule has 1 aromatic heterocycles. The normalized spacial score (nSPS) is 15.0. The van der Waals surface area contributed by atoms with Crippen molar-refractivity contribution in [2.75, 3.05) is 12.0 Å². The van der Waals surface area contributed by atoms with Gasteiger partial charge in [0.25, 0.3) is 0 Å². The summed E-state index contributed by atoms with van der Waals surface area (Å²) in [5.74, 6) is 0.731. The summed E-state index contributed by atoms with van der Waals surface area (Å²) >= 11 is 1.55. The lowest BCUT2D eigenvalue weighted by molar-refractivity contribution is 0.0739. The Morgan fingerprint density at radius 3 is 2.69 bits per heavy atom. The summed E-state index contributed by atoms with van der Waals surface area (Å²) in [5, 5.41) is 7.22. The fraction of sp³-hybridized carbons (Fsp3) is 0.333. The number of benzene rings is 2. The van der Waals surface area contributed by atoms with Crippen molar-refractivity contribution in [1.82, 2.24) is 4.98 Å². The molecule has 1 fully saturated rings. The van der Waals surface area contributed by atoms with Gasteiger partial charge < -0.3 is 4.74 Å². The van der Waals surface area contributed by atoms with Crippen LogP contribution in [-0.2, 0) is 11.3 Å². The van der Waals surface area contributed by atoms with Crippen molar-refractivity contribution in [2.24, 2.45) is 11.0 Å². The molecule has 1 aliphatic carbocycles. The number of hydrogen-bond acceptors (Lipinski definition) is 5. The van der Waals surface area contributed by atoms with Crippen LogP contribution < -0.4 is 5.43 Å². The minimum atomic E-state index is 0.633. The maximum Gasteiger partial charge on any atom is 0.203 e. The maximum absolute atomic E-state index is 6.02. The highest BCUT2D eigenvalue weighted by molar-refractivity contribution is 7.14. The number of nitrogens with one attached hydrogen (secondary N) is 1. The van der Waals surface area contributed by atoms with Gasteiger partial charge in [-0.25, -0.2) is 4.98 Å². The average molecular weight is 406 g/mol. The van der Waals surface area contributed by atoms with Crippen LogP contribution in [-0.4, -0.2) is 17.8 Å². The van der Waals surface area contributed by atoms with E-state index in [0.29, 0.717) is 6.61 Å². The van der Waals surface area contributed by atoms with E-state index >= 15 is 0 Å². The molecule has 0 saturated heterocycles. The molecule has 4 rings (SSSR count). The van der Waals surface area contributed by atoms with E-state index in [2.05, 4.69) is 45.8 Å². The lowest BCUT2D eigenvalue weighted by Gasteiger charge is -2.21. The minimum Gasteiger partial charge on any atom is -0.376 e. The number of hydrogen-bond donors (Lipinski definition) is 1. The van der Waals surface area contributed by atoms with Gasteiger partial charge in [-0.3, -0.25) is 5.43 Å². The van der Waals surface area contributed by atoms with E-state index in [4.69, 9.17) is 4.74 Å². The van der Waals surface area contributed by atoms with Gasteiger partial charge in [0.2, 0.25) is 5.13 Å². The number of aromatic nitrogens is 1. The van der Waals surface area contributed by atoms with Crippen LogP contribution in [0.2, 0.25) is 0 Å². The summed E-state index contributed by atoms with van der Waals surface area (Å²) in [6.45, 7) is 1.50. The van der Waals surface area contributed by atoms with E-state index < -0.39 is 0 Å². The van der Waals surface area contributed by atoms with Crippen LogP contribution >= 0.6 is 11.3 Å². The van der Waals surface area contributed by atoms with Crippen LogP contribution in [0.5, 0.6) is 0 Å². The molecule has 0 radical (unpaired) electrons. The Kier molecular flexibility index (Phi) is 7.05. The van der Waals surface area contributed by atoms with Crippen LogP contribution in [0.25, 0.3) is 11.3 Å². The average Bonchev–Trinajstić information content (AvgIpc) is 3.25. The standard InChI is InChI=1S/C24H27N3OS/c1-3-9-19(10-4-1)16-28-17-22-14-8-7-13-21(22)15-25-27-24-26-23(18-29-24)20-11-5-2-6-12-20/h2,5-8,11-15,18-19H,1,3-4,9-10,16-17H2,(H,26,27). The Labute approximate surface area is 176 Å². The molecule has 150 valence electrons. The van der Waals surface area contributed by atoms with E-state index in [-0.39, 0.29) is 0 Å². The molecule has 0 bridgehead atoms. The molecule has 4 nitrogen and oxygen atoms in total. The number of nitrogens with zero attached hydrogens (tertiary/aromatic N) is 2. The molecule has 0 aliphatic heterocycles. The Balaban J connectivity index is 1.32. The van der Waals surface area contributed by atoms with Gasteiger partial charge in [0, 0.05) is 23.1 Å². The van der Waals surface area contributed by atoms with Crippen molar-refractivity contribution in [3.63, 3.8) is 0 Å². The zero-order chi connectivity index (χ0) is 19.7. The highest BCUT2D eigenvalue weighted by Crippen LogP contribution is 2.25. The van der Waals surface area contributed by atoms with Crippen LogP contribution in [0.15, 0.2) is 65.1 Å². The molecule has 29 heavy (non-hydrogen) atoms. The monoisotopic (exact) mass is 405 g/mol. The molecule has 1 heterocycles. The SMILES string of the molecule is C(=NNc1nc(-c2ccccc2)cs1)c1ccccc1COCC1CCCCC1. The molecule has 1 saturated carbocycles. The van der Waals surface area contributed by atoms with Crippen molar-refractivity contribution in [3.05, 3.63) is 71.1 Å². The van der Waals surface area contributed by atoms with Crippen LogP contribution in [0.3, 0.4) is 0 Å². The Morgan fingerprint density at radius 2 is 1.83 bits per heavy atom. The third kappa shape index (κ3) is 5.75. The molecule has 0 atom stereocenters. The molecule has 0 unspecified atom stereocenters. The Bertz CT molecular complexity index is 917. The van der Waals surface area contributed by atoms with Crippen molar-refractivity contribution in [3.8, 4) is 11.3 Å². The quantitative estimate of drug-likeness (QED) is 0.351. The fourth-order valence-electron chi connectivity index (χ4n) is 3.70. The summed E-state index contributed by atoms with van der Waals surface area (Å²) < 4.78 is 6.02. The smallest absolute Gasteiger partial charge is 0.203 e. The van der Waals surface area contributed by atoms with E-state index in [1.807, 2.05) is 35.9 Å². The summed E-state index contributed by atoms with van der Waals surface area (Å²) in [6.07, 6.45) is 8.56. The first-order valence-electron chi connectivity index (χ1n) is 10.3. The number of thiazole rings is 1. The van der Waals surface area contributed by atoms with Gasteiger partial charge in [-0.1, -0.05) is 73.9 Å². The molecule has 1 aliphatic rings. The van der Waals surface area contributed by atoms with Crippen LogP contribution in [0.1, 0.15) is 43.2 Å². The Morgan fingerprint density at radius 1 is 1.03 bits per heavy atom. The van der Waals surface area contributed by atoms with Crippen molar-refractivity contribution in [2.45, 2.75) is 38.7 Å². The van der Waals surface area contributed by atoms with Gasteiger partial charge in [-0.15, -0.1) is 11.3 Å². The number of ether oxygens (including phenoxy) is 1. The first-order valence-corrected chi connectivity index (χ1v) is 11.2. The third-order valence-corrected chi connectivity index (χ3v) is 6.08. The molecular formula is C24H27N3OS. The van der Waals surface area contributed by atoms with Crippen molar-refractivity contribution >= 4 is 22.7 Å². The molecule has 0 amide bonds. The first kappa shape index (κ1) is 19.8. The van der Waals surface area contributed by atoms with Crippen molar-refractivity contribution < 1.29 is 4.74 Å². The maximum atomic E-state index is 6.02. The van der Waals surface area contributed by atoms with Crippen LogP contribution in [0.4, 0.5) is 5.13 Å². The van der Waals surface area contributed by atoms with E-state index in [1.165, 1.54) is 32.1 Å². The largest absolute Gasteiger partial charge is 0.376 e. The van der Waals surface area contributed by atoms with Gasteiger partial charge in [0.15, 0.2) is 0 Å². The van der Waals surface area contributed by atoms with Gasteiger partial charge in [0.1, 0.15) is 0 Å². The summed E-state index contributed by atoms with van der Waals surface area (Å²) in [4.78, 5) is 4.60. The van der Waals surface area contributed by atoms with E-state index in [1.54, 1.807) is 11.3 Å². The predicted molar refractivity (Wildman–Crippen MR) is 121 cm³/mol. The predicted octanol–water partition coefficient (Wildman–Crippen LogP) is 6.35. The van der Waals surface area contributed by atoms with Gasteiger partial charge >= 0.3 is 0 Å². The highest BCUT2D eigenvalue weighted by atomic mass is 32.1. The molecule has 5 heteroatoms. The van der Waals surface area contributed by atoms with E-state index in [9.17, 15) is 0 Å². The lowest BCUT2D eigenvalue weighted by atomic mass is 9.90. The summed E-state index contributed by atoms with van der Waals surface area (Å²) in [7, 11) is 0. The fourth-order valence-corrected chi connectivity index (χ4v) is 4.37. The number of hydrazone groups is 1. The zero-order valence-corrected chi connectivity index (χ0v) is 17.4. The summed E-state index contributed by atoms with van der Waals surface area (Å²) in [6, 6.07) is 18.4. The second kappa shape index (κ2) is 10.3. The topological polar surface area (TPSA) is 46.5 Å². The number of rotatable bonds is 8. The summed E-state index contributed by atoms with van der Waals surface area (Å²) in [5.41, 5.74) is 7.37. The van der Waals surface area contributed by atoms with Gasteiger partial charge in [-0.2, -0.15) is 5.10 Å². The van der Waals surface area contributed by atoms with Gasteiger partial charge in [-0.05, 0) is 24.3 Å². The molecule has 3 aromatic rings. The molecule has 1 N–H and O–H groups in total. The first-order chi connectivity index (χ1) is 14.4. The zero-order valence-electron chi connectivity index (χ0n) is 16.6. The second-order valence-electron chi connectivity index (χ2n) is 7.49. The lowest BCUT2D eigenvalue weighted by Crippen LogP contribution is -2.13. The molecular weight excluding hydrogens is 378 g/mol. The molecule has 2 aromatic carbocycles. The van der Waals surface area contributed by atoms with Gasteiger partial charge in [0.05, 0.1) is 18.5 Å². The van der Waals surface area contributed by atoms with Crippen LogP contribution in [0, 0.1) is 5.92 Å². The minimum absolute atomic E-state index is 0.633. The highest BCUT2D eigenvalue weighted by Gasteiger charge is 2.13. The molecule has 0 spiro atoms. The third-order valence-electron chi connectivity index (χ3n) is 5.33. The Hall–Kier alpha value is -2.50. The second-order valence-corrected chi connectivity index (χ2v) is 8.35. The number of anilines is 1. The van der Waals surface area contributed by atoms with Crippen molar-refractivity contribution in [1.29, 1.82) is 0 Å².